The molecule has 2 amide bonds. The standard InChI is InChI=1S/C21H20BrNO2S/c1-21(2,3)16-10-8-14(9-11-16)12-18-19(24)23(20(25)26-18)13-15-6-4-5-7-17(15)22/h4-12H,13H2,1-3H3/b18-12-. The summed E-state index contributed by atoms with van der Waals surface area (Å²) in [6.07, 6.45) is 1.79. The molecule has 3 nitrogen and oxygen atoms in total. The van der Waals surface area contributed by atoms with Gasteiger partial charge in [0.2, 0.25) is 0 Å². The first-order valence-electron chi connectivity index (χ1n) is 8.35. The highest BCUT2D eigenvalue weighted by Crippen LogP contribution is 2.34. The Morgan fingerprint density at radius 3 is 2.31 bits per heavy atom. The van der Waals surface area contributed by atoms with E-state index in [4.69, 9.17) is 0 Å². The van der Waals surface area contributed by atoms with E-state index in [0.29, 0.717) is 4.91 Å². The summed E-state index contributed by atoms with van der Waals surface area (Å²) >= 11 is 4.46. The first-order valence-corrected chi connectivity index (χ1v) is 9.96. The number of thioether (sulfide) groups is 1. The molecule has 5 heteroatoms. The van der Waals surface area contributed by atoms with E-state index in [2.05, 4.69) is 48.8 Å². The summed E-state index contributed by atoms with van der Waals surface area (Å²) in [5.74, 6) is -0.240. The third kappa shape index (κ3) is 4.10. The Labute approximate surface area is 166 Å². The maximum atomic E-state index is 12.7. The number of carbonyl (C=O) groups excluding carboxylic acids is 2. The first-order chi connectivity index (χ1) is 12.3. The molecule has 1 heterocycles. The fraction of sp³-hybridized carbons (Fsp3) is 0.238. The van der Waals surface area contributed by atoms with Gasteiger partial charge in [0.25, 0.3) is 11.1 Å². The van der Waals surface area contributed by atoms with Gasteiger partial charge in [0.1, 0.15) is 0 Å². The number of nitrogens with zero attached hydrogens (tertiary/aromatic N) is 1. The van der Waals surface area contributed by atoms with E-state index in [1.54, 1.807) is 6.08 Å². The summed E-state index contributed by atoms with van der Waals surface area (Å²) < 4.78 is 0.890. The molecule has 26 heavy (non-hydrogen) atoms. The topological polar surface area (TPSA) is 37.4 Å². The lowest BCUT2D eigenvalue weighted by atomic mass is 9.87. The average Bonchev–Trinajstić information content (AvgIpc) is 2.84. The van der Waals surface area contributed by atoms with Crippen LogP contribution in [0, 0.1) is 0 Å². The van der Waals surface area contributed by atoms with E-state index in [9.17, 15) is 9.59 Å². The van der Waals surface area contributed by atoms with Crippen molar-refractivity contribution in [3.05, 3.63) is 74.6 Å². The molecule has 1 fully saturated rings. The minimum atomic E-state index is -0.240. The normalized spacial score (nSPS) is 16.6. The first kappa shape index (κ1) is 18.9. The van der Waals surface area contributed by atoms with Crippen molar-refractivity contribution in [2.45, 2.75) is 32.7 Å². The van der Waals surface area contributed by atoms with Gasteiger partial charge < -0.3 is 0 Å². The molecule has 2 aromatic rings. The molecule has 1 aliphatic rings. The lowest BCUT2D eigenvalue weighted by Crippen LogP contribution is -2.27. The van der Waals surface area contributed by atoms with Crippen LogP contribution in [0.4, 0.5) is 4.79 Å². The van der Waals surface area contributed by atoms with Crippen LogP contribution < -0.4 is 0 Å². The van der Waals surface area contributed by atoms with Crippen LogP contribution >= 0.6 is 27.7 Å². The number of amides is 2. The molecule has 1 aliphatic heterocycles. The summed E-state index contributed by atoms with van der Waals surface area (Å²) in [7, 11) is 0. The summed E-state index contributed by atoms with van der Waals surface area (Å²) in [6.45, 7) is 6.76. The van der Waals surface area contributed by atoms with Gasteiger partial charge in [-0.25, -0.2) is 0 Å². The number of carbonyl (C=O) groups is 2. The van der Waals surface area contributed by atoms with Gasteiger partial charge in [-0.3, -0.25) is 14.5 Å². The zero-order valence-corrected chi connectivity index (χ0v) is 17.4. The van der Waals surface area contributed by atoms with Crippen molar-refractivity contribution in [1.82, 2.24) is 4.90 Å². The third-order valence-corrected chi connectivity index (χ3v) is 5.92. The van der Waals surface area contributed by atoms with Crippen molar-refractivity contribution >= 4 is 44.9 Å². The molecule has 0 bridgehead atoms. The molecule has 2 aromatic carbocycles. The van der Waals surface area contributed by atoms with E-state index in [-0.39, 0.29) is 23.1 Å². The smallest absolute Gasteiger partial charge is 0.268 e. The van der Waals surface area contributed by atoms with Gasteiger partial charge >= 0.3 is 0 Å². The van der Waals surface area contributed by atoms with Crippen molar-refractivity contribution in [2.24, 2.45) is 0 Å². The minimum Gasteiger partial charge on any atom is -0.268 e. The number of imide groups is 1. The number of halogens is 1. The van der Waals surface area contributed by atoms with E-state index >= 15 is 0 Å². The van der Waals surface area contributed by atoms with Crippen LogP contribution in [-0.4, -0.2) is 16.0 Å². The Bertz CT molecular complexity index is 882. The second-order valence-corrected chi connectivity index (χ2v) is 9.08. The predicted molar refractivity (Wildman–Crippen MR) is 111 cm³/mol. The molecule has 0 unspecified atom stereocenters. The Kier molecular flexibility index (Phi) is 5.39. The van der Waals surface area contributed by atoms with Crippen molar-refractivity contribution in [1.29, 1.82) is 0 Å². The predicted octanol–water partition coefficient (Wildman–Crippen LogP) is 5.98. The molecule has 0 radical (unpaired) electrons. The molecule has 0 saturated carbocycles. The third-order valence-electron chi connectivity index (χ3n) is 4.23. The van der Waals surface area contributed by atoms with E-state index in [1.165, 1.54) is 10.5 Å². The van der Waals surface area contributed by atoms with Crippen LogP contribution in [0.25, 0.3) is 6.08 Å². The highest BCUT2D eigenvalue weighted by atomic mass is 79.9. The number of benzene rings is 2. The quantitative estimate of drug-likeness (QED) is 0.562. The lowest BCUT2D eigenvalue weighted by molar-refractivity contribution is -0.123. The molecular weight excluding hydrogens is 410 g/mol. The fourth-order valence-electron chi connectivity index (χ4n) is 2.66. The van der Waals surface area contributed by atoms with Crippen molar-refractivity contribution in [2.75, 3.05) is 0 Å². The summed E-state index contributed by atoms with van der Waals surface area (Å²) in [6, 6.07) is 15.7. The second-order valence-electron chi connectivity index (χ2n) is 7.23. The van der Waals surface area contributed by atoms with Gasteiger partial charge in [-0.05, 0) is 46.0 Å². The Morgan fingerprint density at radius 2 is 1.69 bits per heavy atom. The van der Waals surface area contributed by atoms with Crippen molar-refractivity contribution < 1.29 is 9.59 Å². The summed E-state index contributed by atoms with van der Waals surface area (Å²) in [4.78, 5) is 26.7. The number of rotatable bonds is 3. The average molecular weight is 430 g/mol. The minimum absolute atomic E-state index is 0.0828. The molecule has 0 spiro atoms. The van der Waals surface area contributed by atoms with Gasteiger partial charge in [0.05, 0.1) is 11.4 Å². The monoisotopic (exact) mass is 429 g/mol. The molecule has 0 N–H and O–H groups in total. The highest BCUT2D eigenvalue weighted by Gasteiger charge is 2.35. The SMILES string of the molecule is CC(C)(C)c1ccc(/C=C2\SC(=O)N(Cc3ccccc3Br)C2=O)cc1. The molecule has 3 rings (SSSR count). The molecular formula is C21H20BrNO2S. The maximum absolute atomic E-state index is 12.7. The zero-order chi connectivity index (χ0) is 18.9. The van der Waals surface area contributed by atoms with Crippen LogP contribution in [-0.2, 0) is 16.8 Å². The molecule has 0 aliphatic carbocycles. The zero-order valence-electron chi connectivity index (χ0n) is 15.0. The van der Waals surface area contributed by atoms with Gasteiger partial charge in [0, 0.05) is 4.47 Å². The van der Waals surface area contributed by atoms with E-state index in [1.807, 2.05) is 36.4 Å². The molecule has 134 valence electrons. The van der Waals surface area contributed by atoms with Gasteiger partial charge in [-0.1, -0.05) is 79.2 Å². The Morgan fingerprint density at radius 1 is 1.04 bits per heavy atom. The van der Waals surface area contributed by atoms with Crippen molar-refractivity contribution in [3.63, 3.8) is 0 Å². The van der Waals surface area contributed by atoms with E-state index < -0.39 is 0 Å². The summed E-state index contributed by atoms with van der Waals surface area (Å²) in [5.41, 5.74) is 3.14. The maximum Gasteiger partial charge on any atom is 0.293 e. The van der Waals surface area contributed by atoms with Crippen molar-refractivity contribution in [3.8, 4) is 0 Å². The van der Waals surface area contributed by atoms with Gasteiger partial charge in [0.15, 0.2) is 0 Å². The van der Waals surface area contributed by atoms with Crippen LogP contribution in [0.3, 0.4) is 0 Å². The lowest BCUT2D eigenvalue weighted by Gasteiger charge is -2.18. The van der Waals surface area contributed by atoms with Crippen LogP contribution in [0.15, 0.2) is 57.9 Å². The van der Waals surface area contributed by atoms with Gasteiger partial charge in [-0.2, -0.15) is 0 Å². The fourth-order valence-corrected chi connectivity index (χ4v) is 3.91. The van der Waals surface area contributed by atoms with E-state index in [0.717, 1.165) is 27.4 Å². The second kappa shape index (κ2) is 7.41. The molecule has 0 aromatic heterocycles. The van der Waals surface area contributed by atoms with Crippen LogP contribution in [0.5, 0.6) is 0 Å². The highest BCUT2D eigenvalue weighted by molar-refractivity contribution is 9.10. The molecule has 1 saturated heterocycles. The van der Waals surface area contributed by atoms with Crippen LogP contribution in [0.2, 0.25) is 0 Å². The number of hydrogen-bond donors (Lipinski definition) is 0. The molecule has 0 atom stereocenters. The Balaban J connectivity index is 1.80. The van der Waals surface area contributed by atoms with Crippen LogP contribution in [0.1, 0.15) is 37.5 Å². The summed E-state index contributed by atoms with van der Waals surface area (Å²) in [5, 5.41) is -0.233. The number of hydrogen-bond acceptors (Lipinski definition) is 3. The largest absolute Gasteiger partial charge is 0.293 e. The Hall–Kier alpha value is -1.85. The van der Waals surface area contributed by atoms with Gasteiger partial charge in [-0.15, -0.1) is 0 Å².